The van der Waals surface area contributed by atoms with E-state index in [2.05, 4.69) is 6.58 Å². The van der Waals surface area contributed by atoms with Crippen LogP contribution in [0.5, 0.6) is 0 Å². The maximum Gasteiger partial charge on any atom is 0.310 e. The lowest BCUT2D eigenvalue weighted by Crippen LogP contribution is -2.29. The topological polar surface area (TPSA) is 0 Å². The molecule has 0 saturated heterocycles. The van der Waals surface area contributed by atoms with Crippen molar-refractivity contribution < 1.29 is 22.0 Å². The molecule has 0 spiro atoms. The molecule has 0 aromatic heterocycles. The van der Waals surface area contributed by atoms with E-state index in [0.717, 1.165) is 6.08 Å². The van der Waals surface area contributed by atoms with E-state index in [4.69, 9.17) is 0 Å². The molecule has 0 fully saturated rings. The van der Waals surface area contributed by atoms with Gasteiger partial charge in [0.15, 0.2) is 0 Å². The quantitative estimate of drug-likeness (QED) is 0.459. The van der Waals surface area contributed by atoms with Gasteiger partial charge in [-0.05, 0) is 6.42 Å². The van der Waals surface area contributed by atoms with Crippen LogP contribution in [0.1, 0.15) is 12.8 Å². The predicted molar refractivity (Wildman–Crippen MR) is 35.3 cm³/mol. The van der Waals surface area contributed by atoms with Crippen LogP contribution >= 0.6 is 0 Å². The largest absolute Gasteiger partial charge is 0.310 e. The Morgan fingerprint density at radius 3 is 2.08 bits per heavy atom. The van der Waals surface area contributed by atoms with Gasteiger partial charge in [-0.1, -0.05) is 6.08 Å². The highest BCUT2D eigenvalue weighted by Gasteiger charge is 2.42. The van der Waals surface area contributed by atoms with Gasteiger partial charge in [-0.2, -0.15) is 0 Å². The minimum Gasteiger partial charge on any atom is -0.247 e. The zero-order valence-electron chi connectivity index (χ0n) is 6.24. The molecule has 1 unspecified atom stereocenters. The molecule has 72 valence electrons. The van der Waals surface area contributed by atoms with Crippen LogP contribution in [0.15, 0.2) is 12.7 Å². The van der Waals surface area contributed by atoms with Crippen LogP contribution in [-0.4, -0.2) is 18.5 Å². The van der Waals surface area contributed by atoms with Crippen LogP contribution in [0.4, 0.5) is 22.0 Å². The van der Waals surface area contributed by atoms with Crippen molar-refractivity contribution in [3.8, 4) is 0 Å². The van der Waals surface area contributed by atoms with Crippen molar-refractivity contribution in [3.05, 3.63) is 12.7 Å². The Morgan fingerprint density at radius 1 is 1.25 bits per heavy atom. The highest BCUT2D eigenvalue weighted by atomic mass is 19.3. The molecular weight excluding hydrogens is 179 g/mol. The van der Waals surface area contributed by atoms with Gasteiger partial charge in [0, 0.05) is 6.42 Å². The number of allylic oxidation sites excluding steroid dienone is 1. The first-order valence-electron chi connectivity index (χ1n) is 3.31. The van der Waals surface area contributed by atoms with Gasteiger partial charge in [-0.15, -0.1) is 6.58 Å². The minimum atomic E-state index is -4.23. The van der Waals surface area contributed by atoms with E-state index in [1.807, 2.05) is 0 Å². The van der Waals surface area contributed by atoms with Crippen LogP contribution in [0, 0.1) is 0 Å². The summed E-state index contributed by atoms with van der Waals surface area (Å²) in [6.07, 6.45) is -6.46. The molecule has 0 amide bonds. The Kier molecular flexibility index (Phi) is 4.20. The first-order valence-corrected chi connectivity index (χ1v) is 3.31. The Bertz CT molecular complexity index is 143. The molecule has 0 nitrogen and oxygen atoms in total. The fourth-order valence-corrected chi connectivity index (χ4v) is 0.649. The first kappa shape index (κ1) is 11.4. The number of hydrogen-bond donors (Lipinski definition) is 0. The molecule has 0 radical (unpaired) electrons. The van der Waals surface area contributed by atoms with E-state index >= 15 is 0 Å². The summed E-state index contributed by atoms with van der Waals surface area (Å²) < 4.78 is 59.5. The second kappa shape index (κ2) is 4.42. The van der Waals surface area contributed by atoms with E-state index < -0.39 is 24.9 Å². The van der Waals surface area contributed by atoms with E-state index in [1.54, 1.807) is 0 Å². The predicted octanol–water partition coefficient (Wildman–Crippen LogP) is 3.19. The Morgan fingerprint density at radius 2 is 1.75 bits per heavy atom. The SMILES string of the molecule is C=CCC(F)CC(F)(F)C(F)F. The second-order valence-corrected chi connectivity index (χ2v) is 2.39. The van der Waals surface area contributed by atoms with Crippen molar-refractivity contribution in [2.24, 2.45) is 0 Å². The number of hydrogen-bond acceptors (Lipinski definition) is 0. The van der Waals surface area contributed by atoms with Gasteiger partial charge >= 0.3 is 12.3 Å². The molecular formula is C7H9F5. The van der Waals surface area contributed by atoms with Crippen LogP contribution < -0.4 is 0 Å². The summed E-state index contributed by atoms with van der Waals surface area (Å²) >= 11 is 0. The highest BCUT2D eigenvalue weighted by Crippen LogP contribution is 2.29. The van der Waals surface area contributed by atoms with Crippen molar-refractivity contribution in [2.45, 2.75) is 31.4 Å². The van der Waals surface area contributed by atoms with Crippen LogP contribution in [0.3, 0.4) is 0 Å². The Balaban J connectivity index is 3.95. The molecule has 5 heteroatoms. The van der Waals surface area contributed by atoms with E-state index in [1.165, 1.54) is 0 Å². The van der Waals surface area contributed by atoms with Crippen molar-refractivity contribution in [3.63, 3.8) is 0 Å². The molecule has 0 heterocycles. The Labute approximate surface area is 67.1 Å². The minimum absolute atomic E-state index is 0.331. The number of rotatable bonds is 5. The lowest BCUT2D eigenvalue weighted by Gasteiger charge is -2.16. The molecule has 0 N–H and O–H groups in total. The van der Waals surface area contributed by atoms with E-state index in [-0.39, 0.29) is 6.42 Å². The second-order valence-electron chi connectivity index (χ2n) is 2.39. The monoisotopic (exact) mass is 188 g/mol. The molecule has 0 aliphatic rings. The van der Waals surface area contributed by atoms with Gasteiger partial charge < -0.3 is 0 Å². The summed E-state index contributed by atoms with van der Waals surface area (Å²) in [5.41, 5.74) is 0. The van der Waals surface area contributed by atoms with Gasteiger partial charge in [-0.3, -0.25) is 0 Å². The normalized spacial score (nSPS) is 14.8. The molecule has 0 saturated carbocycles. The fraction of sp³-hybridized carbons (Fsp3) is 0.714. The Hall–Kier alpha value is -0.610. The average molecular weight is 188 g/mol. The third-order valence-corrected chi connectivity index (χ3v) is 1.24. The lowest BCUT2D eigenvalue weighted by atomic mass is 10.1. The van der Waals surface area contributed by atoms with Crippen molar-refractivity contribution >= 4 is 0 Å². The molecule has 0 bridgehead atoms. The van der Waals surface area contributed by atoms with E-state index in [9.17, 15) is 22.0 Å². The van der Waals surface area contributed by atoms with E-state index in [0.29, 0.717) is 0 Å². The summed E-state index contributed by atoms with van der Waals surface area (Å²) in [4.78, 5) is 0. The van der Waals surface area contributed by atoms with Crippen LogP contribution in [0.2, 0.25) is 0 Å². The van der Waals surface area contributed by atoms with Crippen molar-refractivity contribution in [2.75, 3.05) is 0 Å². The maximum atomic E-state index is 12.4. The van der Waals surface area contributed by atoms with Crippen LogP contribution in [0.25, 0.3) is 0 Å². The summed E-state index contributed by atoms with van der Waals surface area (Å²) in [6.45, 7) is 3.10. The summed E-state index contributed by atoms with van der Waals surface area (Å²) in [5, 5.41) is 0. The van der Waals surface area contributed by atoms with Crippen molar-refractivity contribution in [1.82, 2.24) is 0 Å². The van der Waals surface area contributed by atoms with Gasteiger partial charge in [0.25, 0.3) is 0 Å². The smallest absolute Gasteiger partial charge is 0.247 e. The third kappa shape index (κ3) is 3.69. The maximum absolute atomic E-state index is 12.4. The van der Waals surface area contributed by atoms with Crippen molar-refractivity contribution in [1.29, 1.82) is 0 Å². The third-order valence-electron chi connectivity index (χ3n) is 1.24. The van der Waals surface area contributed by atoms with Gasteiger partial charge in [0.05, 0.1) is 0 Å². The number of alkyl halides is 5. The molecule has 0 aliphatic heterocycles. The molecule has 0 aromatic carbocycles. The van der Waals surface area contributed by atoms with Gasteiger partial charge in [-0.25, -0.2) is 22.0 Å². The molecule has 0 aliphatic carbocycles. The molecule has 1 atom stereocenters. The zero-order valence-corrected chi connectivity index (χ0v) is 6.24. The molecule has 0 aromatic rings. The van der Waals surface area contributed by atoms with Gasteiger partial charge in [0.2, 0.25) is 0 Å². The summed E-state index contributed by atoms with van der Waals surface area (Å²) in [6, 6.07) is 0. The van der Waals surface area contributed by atoms with Gasteiger partial charge in [0.1, 0.15) is 6.17 Å². The summed E-state index contributed by atoms with van der Waals surface area (Å²) in [7, 11) is 0. The fourth-order valence-electron chi connectivity index (χ4n) is 0.649. The average Bonchev–Trinajstić information content (AvgIpc) is 1.85. The summed E-state index contributed by atoms with van der Waals surface area (Å²) in [5.74, 6) is -4.23. The number of halogens is 5. The zero-order chi connectivity index (χ0) is 9.78. The molecule has 0 rings (SSSR count). The highest BCUT2D eigenvalue weighted by molar-refractivity contribution is 4.79. The first-order chi connectivity index (χ1) is 5.40. The standard InChI is InChI=1S/C7H9F5/c1-2-3-5(8)4-7(11,12)6(9)10/h2,5-6H,1,3-4H2. The lowest BCUT2D eigenvalue weighted by molar-refractivity contribution is -0.142. The van der Waals surface area contributed by atoms with Crippen LogP contribution in [-0.2, 0) is 0 Å². The molecule has 12 heavy (non-hydrogen) atoms.